The lowest BCUT2D eigenvalue weighted by Gasteiger charge is -2.31. The number of nitrogens with zero attached hydrogens (tertiary/aromatic N) is 4. The van der Waals surface area contributed by atoms with E-state index in [1.54, 1.807) is 11.1 Å². The van der Waals surface area contributed by atoms with Gasteiger partial charge < -0.3 is 0 Å². The average Bonchev–Trinajstić information content (AvgIpc) is 3.82. The van der Waals surface area contributed by atoms with E-state index in [0.29, 0.717) is 0 Å². The molecule has 0 radical (unpaired) electrons. The van der Waals surface area contributed by atoms with E-state index in [1.165, 1.54) is 118 Å². The Hall–Kier alpha value is -2.26. The molecule has 3 aliphatic rings. The molecule has 0 bridgehead atoms. The molecule has 41 heavy (non-hydrogen) atoms. The summed E-state index contributed by atoms with van der Waals surface area (Å²) in [6.45, 7) is 4.63. The summed E-state index contributed by atoms with van der Waals surface area (Å²) in [7, 11) is 0. The molecule has 3 aromatic heterocycles. The highest BCUT2D eigenvalue weighted by atomic mass is 32.1. The molecule has 4 heterocycles. The van der Waals surface area contributed by atoms with E-state index in [-0.39, 0.29) is 5.41 Å². The topological polar surface area (TPSA) is 50.5 Å². The van der Waals surface area contributed by atoms with Crippen molar-refractivity contribution in [2.24, 2.45) is 8.73 Å². The van der Waals surface area contributed by atoms with Gasteiger partial charge in [-0.05, 0) is 60.6 Å². The molecule has 0 unspecified atom stereocenters. The molecule has 1 aliphatic heterocycles. The number of benzene rings is 1. The van der Waals surface area contributed by atoms with Gasteiger partial charge in [0.1, 0.15) is 22.4 Å². The smallest absolute Gasteiger partial charge is 0.113 e. The average molecular weight is 617 g/mol. The minimum Gasteiger partial charge on any atom is -0.173 e. The van der Waals surface area contributed by atoms with Crippen LogP contribution < -0.4 is 0 Å². The molecule has 0 spiro atoms. The number of hydrogen-bond donors (Lipinski definition) is 0. The van der Waals surface area contributed by atoms with Crippen molar-refractivity contribution >= 4 is 62.4 Å². The molecule has 1 aromatic carbocycles. The summed E-state index contributed by atoms with van der Waals surface area (Å²) < 4.78 is 18.6. The van der Waals surface area contributed by atoms with Gasteiger partial charge in [0.15, 0.2) is 0 Å². The maximum Gasteiger partial charge on any atom is 0.113 e. The van der Waals surface area contributed by atoms with E-state index in [9.17, 15) is 0 Å². The van der Waals surface area contributed by atoms with Crippen molar-refractivity contribution in [2.45, 2.75) is 96.3 Å². The van der Waals surface area contributed by atoms with Crippen LogP contribution in [-0.2, 0) is 16.8 Å². The van der Waals surface area contributed by atoms with Gasteiger partial charge in [0.2, 0.25) is 0 Å². The molecule has 4 aromatic rings. The van der Waals surface area contributed by atoms with E-state index in [0.717, 1.165) is 35.3 Å². The van der Waals surface area contributed by atoms with Gasteiger partial charge in [-0.2, -0.15) is 17.5 Å². The molecule has 212 valence electrons. The zero-order valence-electron chi connectivity index (χ0n) is 23.9. The molecule has 0 saturated heterocycles. The first-order valence-corrected chi connectivity index (χ1v) is 18.4. The second kappa shape index (κ2) is 11.8. The van der Waals surface area contributed by atoms with Gasteiger partial charge >= 0.3 is 0 Å². The predicted octanol–water partition coefficient (Wildman–Crippen LogP) is 11.5. The molecular formula is C33H36N4S4. The van der Waals surface area contributed by atoms with Crippen LogP contribution in [0.3, 0.4) is 0 Å². The number of hydrogen-bond acceptors (Lipinski definition) is 7. The standard InChI is InChI=1S/C33H36N4S4/c1-3-5-7-9-17-33(18-10-8-6-4-2)23-19-27(21-13-11-15-25-29(21)36-40-34-25)38-31(23)32-24(33)20-28(39-32)22-14-12-16-26-30(22)37-41-35-26/h11,13,15-16,19-20H,3-10,12,14,17-18H2,1-2H3. The zero-order valence-corrected chi connectivity index (χ0v) is 27.1. The Morgan fingerprint density at radius 3 is 2.29 bits per heavy atom. The zero-order chi connectivity index (χ0) is 27.8. The normalized spacial score (nSPS) is 16.7. The minimum absolute atomic E-state index is 0.0916. The van der Waals surface area contributed by atoms with Crippen LogP contribution in [-0.4, -0.2) is 8.75 Å². The van der Waals surface area contributed by atoms with Crippen molar-refractivity contribution in [1.82, 2.24) is 8.75 Å². The Balaban J connectivity index is 1.37. The summed E-state index contributed by atoms with van der Waals surface area (Å²) in [6.07, 6.45) is 17.2. The molecular weight excluding hydrogens is 581 g/mol. The largest absolute Gasteiger partial charge is 0.173 e. The Morgan fingerprint density at radius 1 is 0.805 bits per heavy atom. The Kier molecular flexibility index (Phi) is 7.93. The molecule has 0 amide bonds. The summed E-state index contributed by atoms with van der Waals surface area (Å²) in [5.41, 5.74) is 10.1. The van der Waals surface area contributed by atoms with Crippen LogP contribution in [0.1, 0.15) is 107 Å². The van der Waals surface area contributed by atoms with Gasteiger partial charge in [0.25, 0.3) is 0 Å². The highest BCUT2D eigenvalue weighted by Crippen LogP contribution is 2.61. The van der Waals surface area contributed by atoms with Crippen molar-refractivity contribution in [2.75, 3.05) is 0 Å². The first-order valence-electron chi connectivity index (χ1n) is 15.3. The molecule has 2 aliphatic carbocycles. The van der Waals surface area contributed by atoms with Gasteiger partial charge in [-0.25, -0.2) is 0 Å². The summed E-state index contributed by atoms with van der Waals surface area (Å²) in [6, 6.07) is 11.6. The maximum absolute atomic E-state index is 4.75. The van der Waals surface area contributed by atoms with Crippen LogP contribution in [0.4, 0.5) is 0 Å². The first-order chi connectivity index (χ1) is 20.2. The fourth-order valence-electron chi connectivity index (χ4n) is 6.88. The second-order valence-electron chi connectivity index (χ2n) is 11.6. The maximum atomic E-state index is 4.75. The fraction of sp³-hybridized carbons (Fsp3) is 0.455. The molecule has 0 fully saturated rings. The van der Waals surface area contributed by atoms with Crippen LogP contribution in [0, 0.1) is 0 Å². The molecule has 0 atom stereocenters. The quantitative estimate of drug-likeness (QED) is 0.149. The van der Waals surface area contributed by atoms with E-state index in [4.69, 9.17) is 8.74 Å². The monoisotopic (exact) mass is 616 g/mol. The van der Waals surface area contributed by atoms with Gasteiger partial charge in [-0.1, -0.05) is 83.4 Å². The summed E-state index contributed by atoms with van der Waals surface area (Å²) in [4.78, 5) is 5.76. The lowest BCUT2D eigenvalue weighted by molar-refractivity contribution is 0.402. The molecule has 0 N–H and O–H groups in total. The van der Waals surface area contributed by atoms with Crippen LogP contribution in [0.25, 0.3) is 36.8 Å². The van der Waals surface area contributed by atoms with E-state index in [2.05, 4.69) is 59.0 Å². The number of unbranched alkanes of at least 4 members (excludes halogenated alkanes) is 6. The minimum atomic E-state index is 0.0916. The van der Waals surface area contributed by atoms with Gasteiger partial charge in [-0.3, -0.25) is 0 Å². The molecule has 7 rings (SSSR count). The molecule has 8 heteroatoms. The lowest BCUT2D eigenvalue weighted by atomic mass is 9.71. The third-order valence-corrected chi connectivity index (χ3v) is 12.6. The van der Waals surface area contributed by atoms with Crippen LogP contribution in [0.15, 0.2) is 56.5 Å². The number of allylic oxidation sites excluding steroid dienone is 2. The lowest BCUT2D eigenvalue weighted by Crippen LogP contribution is -2.25. The number of thiophene rings is 2. The Labute approximate surface area is 258 Å². The van der Waals surface area contributed by atoms with Crippen molar-refractivity contribution in [3.8, 4) is 20.2 Å². The molecule has 4 nitrogen and oxygen atoms in total. The number of aromatic nitrogens is 2. The van der Waals surface area contributed by atoms with Crippen LogP contribution in [0.5, 0.6) is 0 Å². The Morgan fingerprint density at radius 2 is 1.54 bits per heavy atom. The third-order valence-electron chi connectivity index (χ3n) is 9.00. The number of rotatable bonds is 12. The van der Waals surface area contributed by atoms with E-state index >= 15 is 0 Å². The van der Waals surface area contributed by atoms with Crippen molar-refractivity contribution in [3.05, 3.63) is 63.8 Å². The van der Waals surface area contributed by atoms with E-state index in [1.807, 2.05) is 22.7 Å². The third kappa shape index (κ3) is 4.85. The highest BCUT2D eigenvalue weighted by molar-refractivity contribution is 7.57. The second-order valence-corrected chi connectivity index (χ2v) is 14.7. The SMILES string of the molecule is CCCCCCC1(CCCCCC)c2cc(C3=C4N=S=NC4=CCC3)sc2-c2sc(-c3cccc4nsnc34)cc21. The summed E-state index contributed by atoms with van der Waals surface area (Å²) in [5, 5.41) is 0. The van der Waals surface area contributed by atoms with Gasteiger partial charge in [0, 0.05) is 30.5 Å². The first kappa shape index (κ1) is 27.6. The number of fused-ring (bicyclic) bond motifs is 5. The van der Waals surface area contributed by atoms with Crippen LogP contribution >= 0.6 is 34.4 Å². The Bertz CT molecular complexity index is 1710. The van der Waals surface area contributed by atoms with Crippen molar-refractivity contribution in [3.63, 3.8) is 0 Å². The van der Waals surface area contributed by atoms with Crippen LogP contribution in [0.2, 0.25) is 0 Å². The van der Waals surface area contributed by atoms with Crippen molar-refractivity contribution in [1.29, 1.82) is 0 Å². The summed E-state index contributed by atoms with van der Waals surface area (Å²) in [5.74, 6) is 0. The molecule has 0 saturated carbocycles. The predicted molar refractivity (Wildman–Crippen MR) is 179 cm³/mol. The van der Waals surface area contributed by atoms with Crippen molar-refractivity contribution < 1.29 is 0 Å². The van der Waals surface area contributed by atoms with E-state index < -0.39 is 0 Å². The highest BCUT2D eigenvalue weighted by Gasteiger charge is 2.46. The fourth-order valence-corrected chi connectivity index (χ4v) is 10.8. The van der Waals surface area contributed by atoms with Gasteiger partial charge in [0.05, 0.1) is 23.1 Å². The van der Waals surface area contributed by atoms with Gasteiger partial charge in [-0.15, -0.1) is 22.7 Å². The summed E-state index contributed by atoms with van der Waals surface area (Å²) >= 11 is 6.66.